The van der Waals surface area contributed by atoms with Gasteiger partial charge in [-0.15, -0.1) is 0 Å². The van der Waals surface area contributed by atoms with E-state index in [2.05, 4.69) is 0 Å². The number of nitrogens with zero attached hydrogens (tertiary/aromatic N) is 1. The molecule has 3 atom stereocenters. The van der Waals surface area contributed by atoms with E-state index in [4.69, 9.17) is 4.74 Å². The standard InChI is InChI=1S/C21H21NO4S/c1-4-26-20(23)21(13-22)18(16-9-5-14(2)6-10-16)19(21)27(24,25)17-11-7-15(3)8-12-17/h5-12,18-19H,4H2,1-3H3/t18-,19+,21+/m0/s1. The Morgan fingerprint density at radius 3 is 2.07 bits per heavy atom. The average molecular weight is 383 g/mol. The molecule has 0 heterocycles. The van der Waals surface area contributed by atoms with Crippen molar-refractivity contribution in [1.29, 1.82) is 5.26 Å². The largest absolute Gasteiger partial charge is 0.465 e. The van der Waals surface area contributed by atoms with Gasteiger partial charge >= 0.3 is 5.97 Å². The number of ether oxygens (including phenoxy) is 1. The van der Waals surface area contributed by atoms with Gasteiger partial charge in [0.25, 0.3) is 0 Å². The molecule has 0 N–H and O–H groups in total. The zero-order valence-corrected chi connectivity index (χ0v) is 16.3. The van der Waals surface area contributed by atoms with E-state index in [9.17, 15) is 18.5 Å². The first kappa shape index (κ1) is 19.1. The third-order valence-electron chi connectivity index (χ3n) is 5.05. The molecule has 140 valence electrons. The van der Waals surface area contributed by atoms with Crippen molar-refractivity contribution >= 4 is 15.8 Å². The number of rotatable bonds is 5. The van der Waals surface area contributed by atoms with Crippen LogP contribution in [0.2, 0.25) is 0 Å². The molecule has 0 spiro atoms. The SMILES string of the molecule is CCOC(=O)[C@@]1(C#N)[C@H](S(=O)(=O)c2ccc(C)cc2)[C@@H]1c1ccc(C)cc1. The minimum Gasteiger partial charge on any atom is -0.465 e. The lowest BCUT2D eigenvalue weighted by molar-refractivity contribution is -0.147. The summed E-state index contributed by atoms with van der Waals surface area (Å²) in [6, 6.07) is 15.7. The van der Waals surface area contributed by atoms with Gasteiger partial charge in [-0.1, -0.05) is 47.5 Å². The van der Waals surface area contributed by atoms with Crippen molar-refractivity contribution in [2.75, 3.05) is 6.61 Å². The van der Waals surface area contributed by atoms with Gasteiger partial charge in [-0.05, 0) is 38.5 Å². The van der Waals surface area contributed by atoms with Crippen molar-refractivity contribution in [2.24, 2.45) is 5.41 Å². The maximum absolute atomic E-state index is 13.3. The molecule has 1 aliphatic rings. The highest BCUT2D eigenvalue weighted by atomic mass is 32.2. The van der Waals surface area contributed by atoms with Gasteiger partial charge in [-0.3, -0.25) is 4.79 Å². The molecule has 1 fully saturated rings. The van der Waals surface area contributed by atoms with Gasteiger partial charge in [0.15, 0.2) is 15.3 Å². The second-order valence-electron chi connectivity index (χ2n) is 6.87. The van der Waals surface area contributed by atoms with Crippen LogP contribution in [0.4, 0.5) is 0 Å². The van der Waals surface area contributed by atoms with Crippen LogP contribution in [0.25, 0.3) is 0 Å². The Morgan fingerprint density at radius 2 is 1.59 bits per heavy atom. The fraction of sp³-hybridized carbons (Fsp3) is 0.333. The number of sulfone groups is 1. The molecule has 0 saturated heterocycles. The highest BCUT2D eigenvalue weighted by Gasteiger charge is 2.77. The Hall–Kier alpha value is -2.65. The molecule has 0 unspecified atom stereocenters. The Bertz CT molecular complexity index is 1000. The predicted octanol–water partition coefficient (Wildman–Crippen LogP) is 3.32. The van der Waals surface area contributed by atoms with E-state index in [0.717, 1.165) is 11.1 Å². The molecule has 2 aromatic carbocycles. The first-order valence-electron chi connectivity index (χ1n) is 8.74. The molecular formula is C21H21NO4S. The van der Waals surface area contributed by atoms with Gasteiger partial charge < -0.3 is 4.74 Å². The number of aryl methyl sites for hydroxylation is 2. The molecule has 5 nitrogen and oxygen atoms in total. The first-order valence-corrected chi connectivity index (χ1v) is 10.3. The second kappa shape index (κ2) is 6.82. The zero-order valence-electron chi connectivity index (χ0n) is 15.5. The van der Waals surface area contributed by atoms with Crippen LogP contribution >= 0.6 is 0 Å². The summed E-state index contributed by atoms with van der Waals surface area (Å²) in [6.45, 7) is 5.50. The number of hydrogen-bond donors (Lipinski definition) is 0. The second-order valence-corrected chi connectivity index (χ2v) is 8.94. The van der Waals surface area contributed by atoms with E-state index >= 15 is 0 Å². The van der Waals surface area contributed by atoms with Crippen LogP contribution in [-0.4, -0.2) is 26.2 Å². The minimum atomic E-state index is -3.90. The van der Waals surface area contributed by atoms with Gasteiger partial charge in [-0.2, -0.15) is 5.26 Å². The van der Waals surface area contributed by atoms with Crippen LogP contribution in [0, 0.1) is 30.6 Å². The number of benzene rings is 2. The summed E-state index contributed by atoms with van der Waals surface area (Å²) in [5.74, 6) is -1.53. The van der Waals surface area contributed by atoms with Gasteiger partial charge in [0.1, 0.15) is 5.25 Å². The van der Waals surface area contributed by atoms with Crippen LogP contribution < -0.4 is 0 Å². The fourth-order valence-corrected chi connectivity index (χ4v) is 5.78. The van der Waals surface area contributed by atoms with Crippen LogP contribution in [0.5, 0.6) is 0 Å². The summed E-state index contributed by atoms with van der Waals surface area (Å²) in [7, 11) is -3.90. The summed E-state index contributed by atoms with van der Waals surface area (Å²) in [5.41, 5.74) is 0.860. The third-order valence-corrected chi connectivity index (χ3v) is 7.29. The summed E-state index contributed by atoms with van der Waals surface area (Å²) >= 11 is 0. The summed E-state index contributed by atoms with van der Waals surface area (Å²) < 4.78 is 31.7. The fourth-order valence-electron chi connectivity index (χ4n) is 3.54. The summed E-state index contributed by atoms with van der Waals surface area (Å²) in [6.07, 6.45) is 0. The topological polar surface area (TPSA) is 84.2 Å². The van der Waals surface area contributed by atoms with E-state index in [1.165, 1.54) is 12.1 Å². The highest BCUT2D eigenvalue weighted by molar-refractivity contribution is 7.92. The van der Waals surface area contributed by atoms with E-state index in [0.29, 0.717) is 5.56 Å². The van der Waals surface area contributed by atoms with Crippen molar-refractivity contribution in [1.82, 2.24) is 0 Å². The van der Waals surface area contributed by atoms with Crippen molar-refractivity contribution in [2.45, 2.75) is 36.8 Å². The Morgan fingerprint density at radius 1 is 1.07 bits per heavy atom. The summed E-state index contributed by atoms with van der Waals surface area (Å²) in [5, 5.41) is 8.68. The quantitative estimate of drug-likeness (QED) is 0.740. The molecule has 2 aromatic rings. The van der Waals surface area contributed by atoms with E-state index < -0.39 is 32.4 Å². The molecular weight excluding hydrogens is 362 g/mol. The Balaban J connectivity index is 2.12. The van der Waals surface area contributed by atoms with Crippen LogP contribution in [0.3, 0.4) is 0 Å². The van der Waals surface area contributed by atoms with Crippen molar-refractivity contribution < 1.29 is 17.9 Å². The van der Waals surface area contributed by atoms with Gasteiger partial charge in [0.2, 0.25) is 0 Å². The van der Waals surface area contributed by atoms with E-state index in [1.807, 2.05) is 32.0 Å². The Labute approximate surface area is 159 Å². The summed E-state index contributed by atoms with van der Waals surface area (Å²) in [4.78, 5) is 12.8. The minimum absolute atomic E-state index is 0.0835. The lowest BCUT2D eigenvalue weighted by Gasteiger charge is -2.09. The predicted molar refractivity (Wildman–Crippen MR) is 101 cm³/mol. The number of carbonyl (C=O) groups excluding carboxylic acids is 1. The van der Waals surface area contributed by atoms with E-state index in [1.54, 1.807) is 31.2 Å². The molecule has 0 amide bonds. The lowest BCUT2D eigenvalue weighted by Crippen LogP contribution is -2.25. The molecule has 1 saturated carbocycles. The molecule has 3 rings (SSSR count). The van der Waals surface area contributed by atoms with Crippen molar-refractivity contribution in [3.8, 4) is 6.07 Å². The monoisotopic (exact) mass is 383 g/mol. The maximum atomic E-state index is 13.3. The zero-order chi connectivity index (χ0) is 19.8. The maximum Gasteiger partial charge on any atom is 0.328 e. The highest BCUT2D eigenvalue weighted by Crippen LogP contribution is 2.64. The molecule has 27 heavy (non-hydrogen) atoms. The lowest BCUT2D eigenvalue weighted by atomic mass is 10.00. The van der Waals surface area contributed by atoms with Gasteiger partial charge in [0, 0.05) is 5.92 Å². The molecule has 0 bridgehead atoms. The first-order chi connectivity index (χ1) is 12.8. The third kappa shape index (κ3) is 3.02. The normalized spacial score (nSPS) is 24.1. The number of hydrogen-bond acceptors (Lipinski definition) is 5. The molecule has 0 radical (unpaired) electrons. The number of nitriles is 1. The van der Waals surface area contributed by atoms with Crippen LogP contribution in [-0.2, 0) is 19.4 Å². The number of esters is 1. The average Bonchev–Trinajstić information content (AvgIpc) is 3.34. The van der Waals surface area contributed by atoms with Crippen molar-refractivity contribution in [3.05, 3.63) is 65.2 Å². The molecule has 1 aliphatic carbocycles. The number of carbonyl (C=O) groups is 1. The van der Waals surface area contributed by atoms with Crippen LogP contribution in [0.15, 0.2) is 53.4 Å². The molecule has 0 aliphatic heterocycles. The smallest absolute Gasteiger partial charge is 0.328 e. The van der Waals surface area contributed by atoms with Gasteiger partial charge in [0.05, 0.1) is 17.6 Å². The van der Waals surface area contributed by atoms with Crippen LogP contribution in [0.1, 0.15) is 29.5 Å². The van der Waals surface area contributed by atoms with Gasteiger partial charge in [-0.25, -0.2) is 8.42 Å². The molecule has 6 heteroatoms. The Kier molecular flexibility index (Phi) is 4.83. The van der Waals surface area contributed by atoms with Crippen molar-refractivity contribution in [3.63, 3.8) is 0 Å². The molecule has 0 aromatic heterocycles. The van der Waals surface area contributed by atoms with E-state index in [-0.39, 0.29) is 11.5 Å².